The Balaban J connectivity index is 0.000000267. The predicted octanol–water partition coefficient (Wildman–Crippen LogP) is 3.59. The van der Waals surface area contributed by atoms with Crippen LogP contribution in [0.15, 0.2) is 61.2 Å². The summed E-state index contributed by atoms with van der Waals surface area (Å²) in [7, 11) is 0. The maximum atomic E-state index is 11.9. The van der Waals surface area contributed by atoms with E-state index in [0.717, 1.165) is 22.3 Å². The molecule has 0 N–H and O–H groups in total. The molecule has 0 radical (unpaired) electrons. The first-order chi connectivity index (χ1) is 8.79. The molecule has 18 heavy (non-hydrogen) atoms. The molecule has 0 fully saturated rings. The van der Waals surface area contributed by atoms with E-state index in [0.29, 0.717) is 0 Å². The standard InChI is InChI=1S/C13H8O.C3H3N/c14-13-11-7-3-1-5-9(11)10-6-2-4-8-12(10)13;1-2-3-4/h1-8H;2H,1H2. The lowest BCUT2D eigenvalue weighted by Crippen LogP contribution is -1.93. The van der Waals surface area contributed by atoms with Gasteiger partial charge in [-0.3, -0.25) is 4.79 Å². The second-order valence-electron chi connectivity index (χ2n) is 3.75. The Morgan fingerprint density at radius 3 is 1.56 bits per heavy atom. The molecular weight excluding hydrogens is 222 g/mol. The molecule has 0 unspecified atom stereocenters. The second-order valence-corrected chi connectivity index (χ2v) is 3.75. The van der Waals surface area contributed by atoms with E-state index in [1.54, 1.807) is 6.07 Å². The van der Waals surface area contributed by atoms with Gasteiger partial charge in [0, 0.05) is 17.2 Å². The normalized spacial score (nSPS) is 10.5. The Morgan fingerprint density at radius 2 is 1.22 bits per heavy atom. The van der Waals surface area contributed by atoms with Gasteiger partial charge >= 0.3 is 0 Å². The van der Waals surface area contributed by atoms with Crippen LogP contribution in [0.5, 0.6) is 0 Å². The van der Waals surface area contributed by atoms with Crippen LogP contribution in [0.2, 0.25) is 0 Å². The number of nitrogens with zero attached hydrogens (tertiary/aromatic N) is 1. The van der Waals surface area contributed by atoms with Crippen molar-refractivity contribution in [3.8, 4) is 17.2 Å². The van der Waals surface area contributed by atoms with E-state index in [-0.39, 0.29) is 5.78 Å². The molecule has 2 aromatic rings. The molecule has 0 aromatic heterocycles. The highest BCUT2D eigenvalue weighted by Crippen LogP contribution is 2.35. The van der Waals surface area contributed by atoms with E-state index in [1.165, 1.54) is 6.08 Å². The molecule has 0 heterocycles. The van der Waals surface area contributed by atoms with Crippen molar-refractivity contribution >= 4 is 5.78 Å². The molecule has 3 rings (SSSR count). The summed E-state index contributed by atoms with van der Waals surface area (Å²) in [6.45, 7) is 3.12. The largest absolute Gasteiger partial charge is 0.289 e. The molecule has 0 bridgehead atoms. The minimum Gasteiger partial charge on any atom is -0.289 e. The van der Waals surface area contributed by atoms with Gasteiger partial charge in [0.2, 0.25) is 0 Å². The molecule has 2 aromatic carbocycles. The number of rotatable bonds is 0. The van der Waals surface area contributed by atoms with Crippen molar-refractivity contribution in [2.24, 2.45) is 0 Å². The van der Waals surface area contributed by atoms with Gasteiger partial charge in [-0.05, 0) is 11.1 Å². The van der Waals surface area contributed by atoms with E-state index >= 15 is 0 Å². The number of benzene rings is 2. The van der Waals surface area contributed by atoms with Gasteiger partial charge in [0.25, 0.3) is 0 Å². The fourth-order valence-corrected chi connectivity index (χ4v) is 1.98. The minimum atomic E-state index is 0.149. The number of hydrogen-bond donors (Lipinski definition) is 0. The summed E-state index contributed by atoms with van der Waals surface area (Å²) in [6, 6.07) is 17.2. The van der Waals surface area contributed by atoms with Crippen molar-refractivity contribution in [3.05, 3.63) is 72.3 Å². The first kappa shape index (κ1) is 11.8. The Kier molecular flexibility index (Phi) is 3.36. The fourth-order valence-electron chi connectivity index (χ4n) is 1.98. The number of carbonyl (C=O) groups is 1. The van der Waals surface area contributed by atoms with E-state index in [2.05, 4.69) is 6.58 Å². The quantitative estimate of drug-likeness (QED) is 0.557. The lowest BCUT2D eigenvalue weighted by Gasteiger charge is -1.96. The summed E-state index contributed by atoms with van der Waals surface area (Å²) in [5.74, 6) is 0.149. The summed E-state index contributed by atoms with van der Waals surface area (Å²) in [5.41, 5.74) is 3.78. The smallest absolute Gasteiger partial charge is 0.194 e. The van der Waals surface area contributed by atoms with Crippen LogP contribution in [0.4, 0.5) is 0 Å². The van der Waals surface area contributed by atoms with E-state index in [4.69, 9.17) is 5.26 Å². The van der Waals surface area contributed by atoms with Crippen LogP contribution >= 0.6 is 0 Å². The van der Waals surface area contributed by atoms with E-state index in [1.807, 2.05) is 48.5 Å². The molecule has 2 heteroatoms. The van der Waals surface area contributed by atoms with Crippen LogP contribution < -0.4 is 0 Å². The average molecular weight is 233 g/mol. The van der Waals surface area contributed by atoms with Gasteiger partial charge < -0.3 is 0 Å². The van der Waals surface area contributed by atoms with Gasteiger partial charge in [0.1, 0.15) is 0 Å². The molecule has 0 atom stereocenters. The van der Waals surface area contributed by atoms with Crippen molar-refractivity contribution in [2.75, 3.05) is 0 Å². The first-order valence-electron chi connectivity index (χ1n) is 5.53. The highest BCUT2D eigenvalue weighted by Gasteiger charge is 2.24. The molecule has 0 saturated heterocycles. The summed E-state index contributed by atoms with van der Waals surface area (Å²) in [5, 5.41) is 7.51. The number of fused-ring (bicyclic) bond motifs is 3. The van der Waals surface area contributed by atoms with Crippen LogP contribution in [0.3, 0.4) is 0 Å². The van der Waals surface area contributed by atoms with E-state index in [9.17, 15) is 4.79 Å². The van der Waals surface area contributed by atoms with E-state index < -0.39 is 0 Å². The average Bonchev–Trinajstić information content (AvgIpc) is 2.74. The second kappa shape index (κ2) is 5.11. The Hall–Kier alpha value is -2.66. The molecular formula is C16H11NO. The minimum absolute atomic E-state index is 0.149. The molecule has 1 aliphatic carbocycles. The van der Waals surface area contributed by atoms with Crippen molar-refractivity contribution in [2.45, 2.75) is 0 Å². The third-order valence-electron chi connectivity index (χ3n) is 2.72. The molecule has 0 amide bonds. The monoisotopic (exact) mass is 233 g/mol. The van der Waals surface area contributed by atoms with Gasteiger partial charge in [-0.25, -0.2) is 0 Å². The lowest BCUT2D eigenvalue weighted by molar-refractivity contribution is 0.104. The summed E-state index contributed by atoms with van der Waals surface area (Å²) in [6.07, 6.45) is 1.18. The van der Waals surface area contributed by atoms with Gasteiger partial charge in [0.05, 0.1) is 6.07 Å². The third-order valence-corrected chi connectivity index (χ3v) is 2.72. The van der Waals surface area contributed by atoms with Gasteiger partial charge in [-0.2, -0.15) is 5.26 Å². The molecule has 0 aliphatic heterocycles. The maximum Gasteiger partial charge on any atom is 0.194 e. The number of hydrogen-bond acceptors (Lipinski definition) is 2. The summed E-state index contributed by atoms with van der Waals surface area (Å²) in [4.78, 5) is 11.9. The topological polar surface area (TPSA) is 40.9 Å². The number of allylic oxidation sites excluding steroid dienone is 1. The molecule has 0 saturated carbocycles. The van der Waals surface area contributed by atoms with Crippen LogP contribution in [0, 0.1) is 11.3 Å². The number of nitriles is 1. The van der Waals surface area contributed by atoms with Gasteiger partial charge in [-0.15, -0.1) is 0 Å². The van der Waals surface area contributed by atoms with Crippen molar-refractivity contribution in [3.63, 3.8) is 0 Å². The Bertz CT molecular complexity index is 603. The van der Waals surface area contributed by atoms with Crippen LogP contribution in [0.25, 0.3) is 11.1 Å². The van der Waals surface area contributed by atoms with Crippen molar-refractivity contribution in [1.29, 1.82) is 5.26 Å². The van der Waals surface area contributed by atoms with Gasteiger partial charge in [0.15, 0.2) is 5.78 Å². The number of carbonyl (C=O) groups excluding carboxylic acids is 1. The molecule has 1 aliphatic rings. The first-order valence-corrected chi connectivity index (χ1v) is 5.53. The van der Waals surface area contributed by atoms with Crippen LogP contribution in [0.1, 0.15) is 15.9 Å². The Labute approximate surface area is 106 Å². The van der Waals surface area contributed by atoms with Crippen molar-refractivity contribution < 1.29 is 4.79 Å². The SMILES string of the molecule is C=CC#N.O=C1c2ccccc2-c2ccccc21. The highest BCUT2D eigenvalue weighted by molar-refractivity contribution is 6.21. The third kappa shape index (κ3) is 1.94. The zero-order valence-corrected chi connectivity index (χ0v) is 9.76. The van der Waals surface area contributed by atoms with Gasteiger partial charge in [-0.1, -0.05) is 55.1 Å². The van der Waals surface area contributed by atoms with Crippen LogP contribution in [-0.4, -0.2) is 5.78 Å². The zero-order chi connectivity index (χ0) is 13.0. The van der Waals surface area contributed by atoms with Crippen LogP contribution in [-0.2, 0) is 0 Å². The predicted molar refractivity (Wildman–Crippen MR) is 71.1 cm³/mol. The molecule has 2 nitrogen and oxygen atoms in total. The lowest BCUT2D eigenvalue weighted by atomic mass is 10.1. The number of ketones is 1. The highest BCUT2D eigenvalue weighted by atomic mass is 16.1. The molecule has 86 valence electrons. The zero-order valence-electron chi connectivity index (χ0n) is 9.76. The summed E-state index contributed by atoms with van der Waals surface area (Å²) >= 11 is 0. The summed E-state index contributed by atoms with van der Waals surface area (Å²) < 4.78 is 0. The molecule has 0 spiro atoms. The van der Waals surface area contributed by atoms with Crippen molar-refractivity contribution in [1.82, 2.24) is 0 Å². The maximum absolute atomic E-state index is 11.9. The fraction of sp³-hybridized carbons (Fsp3) is 0. The Morgan fingerprint density at radius 1 is 0.889 bits per heavy atom.